The van der Waals surface area contributed by atoms with Crippen LogP contribution in [0.1, 0.15) is 39.0 Å². The summed E-state index contributed by atoms with van der Waals surface area (Å²) in [5.41, 5.74) is 0.318. The predicted molar refractivity (Wildman–Crippen MR) is 80.7 cm³/mol. The number of nitrogens with zero attached hydrogens (tertiary/aromatic N) is 2. The first-order chi connectivity index (χ1) is 10.1. The van der Waals surface area contributed by atoms with Gasteiger partial charge in [-0.05, 0) is 44.6 Å². The lowest BCUT2D eigenvalue weighted by molar-refractivity contribution is -0.132. The average molecular weight is 293 g/mol. The van der Waals surface area contributed by atoms with Crippen LogP contribution in [0.15, 0.2) is 0 Å². The molecule has 0 bridgehead atoms. The van der Waals surface area contributed by atoms with Crippen LogP contribution in [0.2, 0.25) is 0 Å². The molecule has 2 amide bonds. The van der Waals surface area contributed by atoms with Crippen LogP contribution < -0.4 is 5.32 Å². The Morgan fingerprint density at radius 1 is 1.19 bits per heavy atom. The predicted octanol–water partition coefficient (Wildman–Crippen LogP) is 0.847. The fourth-order valence-corrected chi connectivity index (χ4v) is 3.92. The third-order valence-electron chi connectivity index (χ3n) is 5.23. The summed E-state index contributed by atoms with van der Waals surface area (Å²) in [5.74, 6) is 0.881. The van der Waals surface area contributed by atoms with E-state index in [1.54, 1.807) is 0 Å². The molecule has 1 N–H and O–H groups in total. The molecule has 0 aromatic carbocycles. The molecular weight excluding hydrogens is 266 g/mol. The zero-order valence-corrected chi connectivity index (χ0v) is 13.1. The van der Waals surface area contributed by atoms with Crippen molar-refractivity contribution in [2.45, 2.75) is 39.0 Å². The lowest BCUT2D eigenvalue weighted by Crippen LogP contribution is -2.46. The van der Waals surface area contributed by atoms with Crippen LogP contribution in [0.5, 0.6) is 0 Å². The second-order valence-electron chi connectivity index (χ2n) is 7.26. The van der Waals surface area contributed by atoms with Crippen LogP contribution in [0, 0.1) is 11.3 Å². The van der Waals surface area contributed by atoms with Crippen LogP contribution in [-0.2, 0) is 9.59 Å². The molecular formula is C16H27N3O2. The summed E-state index contributed by atoms with van der Waals surface area (Å²) in [6.45, 7) is 7.00. The van der Waals surface area contributed by atoms with E-state index in [1.807, 2.05) is 4.90 Å². The third-order valence-corrected chi connectivity index (χ3v) is 5.23. The van der Waals surface area contributed by atoms with Crippen LogP contribution in [0.4, 0.5) is 0 Å². The Labute approximate surface area is 127 Å². The molecule has 3 aliphatic rings. The summed E-state index contributed by atoms with van der Waals surface area (Å²) in [6, 6.07) is 0. The molecule has 2 aliphatic heterocycles. The van der Waals surface area contributed by atoms with Gasteiger partial charge >= 0.3 is 0 Å². The molecule has 1 saturated carbocycles. The van der Waals surface area contributed by atoms with Gasteiger partial charge in [-0.1, -0.05) is 0 Å². The standard InChI is InChI=1S/C16H27N3O2/c1-13(20)17-9-15(21)19-8-6-16(12-19)5-2-7-18(11-16)10-14-3-4-14/h14H,2-12H2,1H3,(H,17,20). The van der Waals surface area contributed by atoms with Gasteiger partial charge in [0.2, 0.25) is 11.8 Å². The van der Waals surface area contributed by atoms with Gasteiger partial charge in [0.05, 0.1) is 6.54 Å². The smallest absolute Gasteiger partial charge is 0.241 e. The second kappa shape index (κ2) is 5.95. The maximum absolute atomic E-state index is 12.1. The van der Waals surface area contributed by atoms with E-state index in [-0.39, 0.29) is 18.4 Å². The quantitative estimate of drug-likeness (QED) is 0.836. The van der Waals surface area contributed by atoms with Crippen molar-refractivity contribution >= 4 is 11.8 Å². The van der Waals surface area contributed by atoms with Crippen molar-refractivity contribution in [2.24, 2.45) is 11.3 Å². The highest BCUT2D eigenvalue weighted by Gasteiger charge is 2.43. The van der Waals surface area contributed by atoms with E-state index in [4.69, 9.17) is 0 Å². The third kappa shape index (κ3) is 3.76. The lowest BCUT2D eigenvalue weighted by atomic mass is 9.79. The minimum Gasteiger partial charge on any atom is -0.347 e. The van der Waals surface area contributed by atoms with Crippen molar-refractivity contribution < 1.29 is 9.59 Å². The molecule has 0 radical (unpaired) electrons. The first-order valence-corrected chi connectivity index (χ1v) is 8.31. The first-order valence-electron chi connectivity index (χ1n) is 8.31. The minimum atomic E-state index is -0.134. The number of hydrogen-bond acceptors (Lipinski definition) is 3. The van der Waals surface area contributed by atoms with Crippen LogP contribution in [0.3, 0.4) is 0 Å². The first kappa shape index (κ1) is 14.8. The van der Waals surface area contributed by atoms with Crippen molar-refractivity contribution in [2.75, 3.05) is 39.3 Å². The number of carbonyl (C=O) groups is 2. The largest absolute Gasteiger partial charge is 0.347 e. The molecule has 1 unspecified atom stereocenters. The van der Waals surface area contributed by atoms with Crippen LogP contribution >= 0.6 is 0 Å². The molecule has 3 fully saturated rings. The van der Waals surface area contributed by atoms with E-state index < -0.39 is 0 Å². The molecule has 0 aromatic rings. The van der Waals surface area contributed by atoms with E-state index in [9.17, 15) is 9.59 Å². The monoisotopic (exact) mass is 293 g/mol. The Balaban J connectivity index is 1.51. The van der Waals surface area contributed by atoms with Crippen molar-refractivity contribution in [3.05, 3.63) is 0 Å². The fourth-order valence-electron chi connectivity index (χ4n) is 3.92. The molecule has 2 heterocycles. The molecule has 21 heavy (non-hydrogen) atoms. The number of nitrogens with one attached hydrogen (secondary N) is 1. The Kier molecular flexibility index (Phi) is 4.20. The van der Waals surface area contributed by atoms with Gasteiger partial charge in [-0.2, -0.15) is 0 Å². The highest BCUT2D eigenvalue weighted by molar-refractivity contribution is 5.83. The van der Waals surface area contributed by atoms with Gasteiger partial charge in [-0.25, -0.2) is 0 Å². The Morgan fingerprint density at radius 3 is 2.71 bits per heavy atom. The zero-order valence-electron chi connectivity index (χ0n) is 13.1. The topological polar surface area (TPSA) is 52.7 Å². The molecule has 3 rings (SSSR count). The van der Waals surface area contributed by atoms with E-state index >= 15 is 0 Å². The van der Waals surface area contributed by atoms with E-state index in [0.717, 1.165) is 32.0 Å². The number of likely N-dealkylation sites (tertiary alicyclic amines) is 2. The molecule has 5 nitrogen and oxygen atoms in total. The molecule has 1 aliphatic carbocycles. The lowest BCUT2D eigenvalue weighted by Gasteiger charge is -2.40. The average Bonchev–Trinajstić information content (AvgIpc) is 3.17. The van der Waals surface area contributed by atoms with Crippen molar-refractivity contribution in [3.8, 4) is 0 Å². The summed E-state index contributed by atoms with van der Waals surface area (Å²) in [6.07, 6.45) is 6.45. The number of carbonyl (C=O) groups excluding carboxylic acids is 2. The number of rotatable bonds is 4. The number of amides is 2. The number of piperidine rings is 1. The minimum absolute atomic E-state index is 0.0707. The Morgan fingerprint density at radius 2 is 2.00 bits per heavy atom. The maximum Gasteiger partial charge on any atom is 0.241 e. The van der Waals surface area contributed by atoms with Crippen molar-refractivity contribution in [3.63, 3.8) is 0 Å². The normalized spacial score (nSPS) is 29.9. The highest BCUT2D eigenvalue weighted by Crippen LogP contribution is 2.40. The fraction of sp³-hybridized carbons (Fsp3) is 0.875. The van der Waals surface area contributed by atoms with Gasteiger partial charge in [-0.3, -0.25) is 9.59 Å². The molecule has 118 valence electrons. The Hall–Kier alpha value is -1.10. The van der Waals surface area contributed by atoms with Crippen LogP contribution in [-0.4, -0.2) is 60.9 Å². The SMILES string of the molecule is CC(=O)NCC(=O)N1CCC2(CCCN(CC3CC3)C2)C1. The molecule has 2 saturated heterocycles. The van der Waals surface area contributed by atoms with Crippen molar-refractivity contribution in [1.29, 1.82) is 0 Å². The summed E-state index contributed by atoms with van der Waals surface area (Å²) < 4.78 is 0. The van der Waals surface area contributed by atoms with Gasteiger partial charge in [0, 0.05) is 38.5 Å². The molecule has 0 aromatic heterocycles. The van der Waals surface area contributed by atoms with Gasteiger partial charge in [0.1, 0.15) is 0 Å². The summed E-state index contributed by atoms with van der Waals surface area (Å²) in [4.78, 5) is 27.6. The molecule has 1 spiro atoms. The van der Waals surface area contributed by atoms with E-state index in [2.05, 4.69) is 10.2 Å². The van der Waals surface area contributed by atoms with Gasteiger partial charge in [0.25, 0.3) is 0 Å². The van der Waals surface area contributed by atoms with Gasteiger partial charge in [-0.15, -0.1) is 0 Å². The number of hydrogen-bond donors (Lipinski definition) is 1. The summed E-state index contributed by atoms with van der Waals surface area (Å²) in [5, 5.41) is 2.62. The Bertz CT molecular complexity index is 422. The van der Waals surface area contributed by atoms with E-state index in [1.165, 1.54) is 45.7 Å². The van der Waals surface area contributed by atoms with Gasteiger partial charge < -0.3 is 15.1 Å². The summed E-state index contributed by atoms with van der Waals surface area (Å²) in [7, 11) is 0. The summed E-state index contributed by atoms with van der Waals surface area (Å²) >= 11 is 0. The van der Waals surface area contributed by atoms with Gasteiger partial charge in [0.15, 0.2) is 0 Å². The zero-order chi connectivity index (χ0) is 14.9. The van der Waals surface area contributed by atoms with Crippen molar-refractivity contribution in [1.82, 2.24) is 15.1 Å². The second-order valence-corrected chi connectivity index (χ2v) is 7.26. The highest BCUT2D eigenvalue weighted by atomic mass is 16.2. The molecule has 1 atom stereocenters. The molecule has 5 heteroatoms. The van der Waals surface area contributed by atoms with Crippen LogP contribution in [0.25, 0.3) is 0 Å². The maximum atomic E-state index is 12.1. The van der Waals surface area contributed by atoms with E-state index in [0.29, 0.717) is 5.41 Å².